The minimum absolute atomic E-state index is 0.192. The Morgan fingerprint density at radius 2 is 2.32 bits per heavy atom. The molecule has 1 aromatic heterocycles. The number of nitrogens with one attached hydrogen (secondary N) is 1. The molecule has 1 saturated heterocycles. The molecule has 1 unspecified atom stereocenters. The number of nitrogens with two attached hydrogens (primary N) is 1. The molecule has 0 aromatic carbocycles. The molecular formula is C13H21N5O. The van der Waals surface area contributed by atoms with Gasteiger partial charge in [-0.1, -0.05) is 0 Å². The van der Waals surface area contributed by atoms with Crippen LogP contribution in [0.2, 0.25) is 0 Å². The summed E-state index contributed by atoms with van der Waals surface area (Å²) in [5.41, 5.74) is 5.31. The summed E-state index contributed by atoms with van der Waals surface area (Å²) in [6.07, 6.45) is 1.21. The Morgan fingerprint density at radius 3 is 2.84 bits per heavy atom. The van der Waals surface area contributed by atoms with Crippen molar-refractivity contribution in [2.75, 3.05) is 25.0 Å². The van der Waals surface area contributed by atoms with Crippen molar-refractivity contribution in [2.24, 2.45) is 11.7 Å². The molecule has 0 radical (unpaired) electrons. The standard InChI is InChI=1S/C13H21N5O/c1-9(2)18-6-5-10(8-18)7-15-12-4-3-11(13(14)19)16-17-12/h3-4,9-10H,5-8H2,1-2H3,(H2,14,19)(H,15,17). The first-order valence-corrected chi connectivity index (χ1v) is 6.67. The quantitative estimate of drug-likeness (QED) is 0.817. The summed E-state index contributed by atoms with van der Waals surface area (Å²) in [5.74, 6) is 0.774. The second-order valence-electron chi connectivity index (χ2n) is 5.29. The summed E-state index contributed by atoms with van der Waals surface area (Å²) in [6, 6.07) is 3.94. The van der Waals surface area contributed by atoms with Crippen LogP contribution >= 0.6 is 0 Å². The molecule has 2 rings (SSSR count). The number of anilines is 1. The summed E-state index contributed by atoms with van der Waals surface area (Å²) < 4.78 is 0. The van der Waals surface area contributed by atoms with Gasteiger partial charge in [-0.05, 0) is 44.9 Å². The van der Waals surface area contributed by atoms with Gasteiger partial charge in [0.25, 0.3) is 5.91 Å². The fraction of sp³-hybridized carbons (Fsp3) is 0.615. The lowest BCUT2D eigenvalue weighted by Gasteiger charge is -2.20. The van der Waals surface area contributed by atoms with Crippen LogP contribution < -0.4 is 11.1 Å². The van der Waals surface area contributed by atoms with Gasteiger partial charge in [0.15, 0.2) is 5.69 Å². The Kier molecular flexibility index (Phi) is 4.31. The van der Waals surface area contributed by atoms with Crippen molar-refractivity contribution in [1.29, 1.82) is 0 Å². The minimum atomic E-state index is -0.553. The van der Waals surface area contributed by atoms with E-state index in [2.05, 4.69) is 34.3 Å². The Morgan fingerprint density at radius 1 is 1.53 bits per heavy atom. The van der Waals surface area contributed by atoms with Crippen LogP contribution in [-0.2, 0) is 0 Å². The smallest absolute Gasteiger partial charge is 0.269 e. The van der Waals surface area contributed by atoms with E-state index in [1.807, 2.05) is 0 Å². The number of hydrogen-bond acceptors (Lipinski definition) is 5. The van der Waals surface area contributed by atoms with Crippen LogP contribution in [0.3, 0.4) is 0 Å². The summed E-state index contributed by atoms with van der Waals surface area (Å²) in [4.78, 5) is 13.4. The highest BCUT2D eigenvalue weighted by Gasteiger charge is 2.23. The van der Waals surface area contributed by atoms with Crippen molar-refractivity contribution >= 4 is 11.7 Å². The Hall–Kier alpha value is -1.69. The second kappa shape index (κ2) is 5.97. The predicted octanol–water partition coefficient (Wildman–Crippen LogP) is 0.718. The van der Waals surface area contributed by atoms with Gasteiger partial charge >= 0.3 is 0 Å². The molecule has 1 aliphatic rings. The third kappa shape index (κ3) is 3.64. The monoisotopic (exact) mass is 263 g/mol. The van der Waals surface area contributed by atoms with Gasteiger partial charge in [-0.3, -0.25) is 4.79 Å². The van der Waals surface area contributed by atoms with E-state index in [9.17, 15) is 4.79 Å². The first-order chi connectivity index (χ1) is 9.06. The Bertz CT molecular complexity index is 431. The highest BCUT2D eigenvalue weighted by Crippen LogP contribution is 2.18. The third-order valence-corrected chi connectivity index (χ3v) is 3.54. The van der Waals surface area contributed by atoms with Crippen LogP contribution in [0.25, 0.3) is 0 Å². The van der Waals surface area contributed by atoms with E-state index in [1.54, 1.807) is 12.1 Å². The van der Waals surface area contributed by atoms with Crippen molar-refractivity contribution in [2.45, 2.75) is 26.3 Å². The molecule has 104 valence electrons. The number of amides is 1. The lowest BCUT2D eigenvalue weighted by atomic mass is 10.1. The zero-order chi connectivity index (χ0) is 13.8. The van der Waals surface area contributed by atoms with Crippen LogP contribution in [0.4, 0.5) is 5.82 Å². The number of carbonyl (C=O) groups is 1. The highest BCUT2D eigenvalue weighted by molar-refractivity contribution is 5.90. The molecule has 19 heavy (non-hydrogen) atoms. The number of carbonyl (C=O) groups excluding carboxylic acids is 1. The number of rotatable bonds is 5. The van der Waals surface area contributed by atoms with E-state index in [4.69, 9.17) is 5.73 Å². The highest BCUT2D eigenvalue weighted by atomic mass is 16.1. The van der Waals surface area contributed by atoms with E-state index in [-0.39, 0.29) is 5.69 Å². The molecule has 0 aliphatic carbocycles. The molecule has 6 heteroatoms. The molecule has 1 amide bonds. The van der Waals surface area contributed by atoms with Crippen LogP contribution in [0, 0.1) is 5.92 Å². The Labute approximate surface area is 113 Å². The minimum Gasteiger partial charge on any atom is -0.368 e. The molecule has 1 aliphatic heterocycles. The molecule has 2 heterocycles. The molecule has 0 saturated carbocycles. The fourth-order valence-corrected chi connectivity index (χ4v) is 2.31. The van der Waals surface area contributed by atoms with Crippen LogP contribution in [-0.4, -0.2) is 46.7 Å². The van der Waals surface area contributed by atoms with Gasteiger partial charge in [-0.15, -0.1) is 10.2 Å². The van der Waals surface area contributed by atoms with Crippen LogP contribution in [0.15, 0.2) is 12.1 Å². The van der Waals surface area contributed by atoms with E-state index in [0.717, 1.165) is 19.6 Å². The van der Waals surface area contributed by atoms with Gasteiger partial charge in [0.1, 0.15) is 5.82 Å². The summed E-state index contributed by atoms with van der Waals surface area (Å²) in [6.45, 7) is 7.62. The van der Waals surface area contributed by atoms with Gasteiger partial charge in [0.05, 0.1) is 0 Å². The molecule has 0 spiro atoms. The van der Waals surface area contributed by atoms with Gasteiger partial charge in [0, 0.05) is 19.1 Å². The maximum Gasteiger partial charge on any atom is 0.269 e. The maximum atomic E-state index is 10.9. The normalized spacial score (nSPS) is 19.8. The summed E-state index contributed by atoms with van der Waals surface area (Å²) in [5, 5.41) is 11.0. The predicted molar refractivity (Wildman–Crippen MR) is 73.9 cm³/mol. The number of primary amides is 1. The fourth-order valence-electron chi connectivity index (χ4n) is 2.31. The maximum absolute atomic E-state index is 10.9. The van der Waals surface area contributed by atoms with E-state index in [0.29, 0.717) is 17.8 Å². The molecule has 1 atom stereocenters. The first kappa shape index (κ1) is 13.7. The summed E-state index contributed by atoms with van der Waals surface area (Å²) >= 11 is 0. The average molecular weight is 263 g/mol. The summed E-state index contributed by atoms with van der Waals surface area (Å²) in [7, 11) is 0. The van der Waals surface area contributed by atoms with E-state index in [1.165, 1.54) is 6.42 Å². The number of nitrogens with zero attached hydrogens (tertiary/aromatic N) is 3. The molecule has 1 fully saturated rings. The zero-order valence-corrected chi connectivity index (χ0v) is 11.5. The average Bonchev–Trinajstić information content (AvgIpc) is 2.86. The zero-order valence-electron chi connectivity index (χ0n) is 11.5. The largest absolute Gasteiger partial charge is 0.368 e. The lowest BCUT2D eigenvalue weighted by Crippen LogP contribution is -2.29. The molecular weight excluding hydrogens is 242 g/mol. The second-order valence-corrected chi connectivity index (χ2v) is 5.29. The molecule has 6 nitrogen and oxygen atoms in total. The van der Waals surface area contributed by atoms with Crippen molar-refractivity contribution in [3.8, 4) is 0 Å². The van der Waals surface area contributed by atoms with Crippen LogP contribution in [0.1, 0.15) is 30.8 Å². The molecule has 0 bridgehead atoms. The van der Waals surface area contributed by atoms with E-state index >= 15 is 0 Å². The van der Waals surface area contributed by atoms with Gasteiger partial charge in [0.2, 0.25) is 0 Å². The lowest BCUT2D eigenvalue weighted by molar-refractivity contribution is 0.0994. The van der Waals surface area contributed by atoms with Gasteiger partial charge < -0.3 is 16.0 Å². The number of likely N-dealkylation sites (tertiary alicyclic amines) is 1. The first-order valence-electron chi connectivity index (χ1n) is 6.67. The van der Waals surface area contributed by atoms with Crippen LogP contribution in [0.5, 0.6) is 0 Å². The van der Waals surface area contributed by atoms with E-state index < -0.39 is 5.91 Å². The topological polar surface area (TPSA) is 84.1 Å². The number of hydrogen-bond donors (Lipinski definition) is 2. The van der Waals surface area contributed by atoms with Gasteiger partial charge in [-0.2, -0.15) is 0 Å². The molecule has 3 N–H and O–H groups in total. The Balaban J connectivity index is 1.81. The number of aromatic nitrogens is 2. The van der Waals surface area contributed by atoms with Crippen molar-refractivity contribution in [3.63, 3.8) is 0 Å². The van der Waals surface area contributed by atoms with Gasteiger partial charge in [-0.25, -0.2) is 0 Å². The van der Waals surface area contributed by atoms with Crippen molar-refractivity contribution in [1.82, 2.24) is 15.1 Å². The van der Waals surface area contributed by atoms with Crippen molar-refractivity contribution < 1.29 is 4.79 Å². The third-order valence-electron chi connectivity index (χ3n) is 3.54. The molecule has 1 aromatic rings. The van der Waals surface area contributed by atoms with Crippen molar-refractivity contribution in [3.05, 3.63) is 17.8 Å². The SMILES string of the molecule is CC(C)N1CCC(CNc2ccc(C(N)=O)nn2)C1.